The van der Waals surface area contributed by atoms with E-state index >= 15 is 0 Å². The van der Waals surface area contributed by atoms with Crippen LogP contribution in [0.25, 0.3) is 0 Å². The van der Waals surface area contributed by atoms with E-state index in [1.165, 1.54) is 19.3 Å². The highest BCUT2D eigenvalue weighted by Crippen LogP contribution is 2.26. The lowest BCUT2D eigenvalue weighted by atomic mass is 9.84. The van der Waals surface area contributed by atoms with Crippen LogP contribution in [0.1, 0.15) is 70.8 Å². The van der Waals surface area contributed by atoms with Gasteiger partial charge < -0.3 is 14.9 Å². The first-order chi connectivity index (χ1) is 13.0. The summed E-state index contributed by atoms with van der Waals surface area (Å²) in [6, 6.07) is 7.90. The van der Waals surface area contributed by atoms with Crippen LogP contribution >= 0.6 is 0 Å². The van der Waals surface area contributed by atoms with Gasteiger partial charge in [0.1, 0.15) is 5.75 Å². The van der Waals surface area contributed by atoms with Gasteiger partial charge in [0.05, 0.1) is 18.9 Å². The average Bonchev–Trinajstić information content (AvgIpc) is 2.62. The van der Waals surface area contributed by atoms with Crippen LogP contribution < -0.4 is 4.74 Å². The molecule has 27 heavy (non-hydrogen) atoms. The monoisotopic (exact) mass is 378 g/mol. The van der Waals surface area contributed by atoms with Crippen molar-refractivity contribution in [2.75, 3.05) is 6.61 Å². The molecule has 5 heteroatoms. The maximum Gasteiger partial charge on any atom is 0.307 e. The van der Waals surface area contributed by atoms with Gasteiger partial charge in [-0.2, -0.15) is 0 Å². The van der Waals surface area contributed by atoms with E-state index in [4.69, 9.17) is 9.84 Å². The summed E-state index contributed by atoms with van der Waals surface area (Å²) >= 11 is 0. The number of carboxylic acids is 2. The number of carbonyl (C=O) groups is 2. The Morgan fingerprint density at radius 3 is 2.22 bits per heavy atom. The summed E-state index contributed by atoms with van der Waals surface area (Å²) in [6.45, 7) is 4.74. The zero-order valence-electron chi connectivity index (χ0n) is 16.7. The van der Waals surface area contributed by atoms with Crippen LogP contribution in [0, 0.1) is 11.8 Å². The zero-order chi connectivity index (χ0) is 20.1. The van der Waals surface area contributed by atoms with Gasteiger partial charge in [-0.25, -0.2) is 0 Å². The first-order valence-electron chi connectivity index (χ1n) is 10.1. The van der Waals surface area contributed by atoms with Crippen LogP contribution in [0.2, 0.25) is 0 Å². The summed E-state index contributed by atoms with van der Waals surface area (Å²) in [7, 11) is 0. The molecule has 5 nitrogen and oxygen atoms in total. The number of unbranched alkanes of at least 4 members (excludes halogenated alkanes) is 4. The summed E-state index contributed by atoms with van der Waals surface area (Å²) in [5.74, 6) is -1.90. The number of carboxylic acid groups (broad SMARTS) is 2. The minimum Gasteiger partial charge on any atom is -0.494 e. The second-order valence-corrected chi connectivity index (χ2v) is 7.22. The van der Waals surface area contributed by atoms with Gasteiger partial charge >= 0.3 is 11.9 Å². The van der Waals surface area contributed by atoms with Crippen molar-refractivity contribution >= 4 is 11.9 Å². The smallest absolute Gasteiger partial charge is 0.307 e. The van der Waals surface area contributed by atoms with Gasteiger partial charge in [-0.15, -0.1) is 0 Å². The van der Waals surface area contributed by atoms with Gasteiger partial charge in [0.2, 0.25) is 0 Å². The van der Waals surface area contributed by atoms with Crippen LogP contribution in [-0.4, -0.2) is 28.8 Å². The van der Waals surface area contributed by atoms with Crippen molar-refractivity contribution in [3.8, 4) is 5.75 Å². The van der Waals surface area contributed by atoms with E-state index in [-0.39, 0.29) is 12.3 Å². The first-order valence-corrected chi connectivity index (χ1v) is 10.1. The Morgan fingerprint density at radius 2 is 1.67 bits per heavy atom. The van der Waals surface area contributed by atoms with Crippen LogP contribution in [0.5, 0.6) is 5.75 Å². The minimum atomic E-state index is -1.05. The molecule has 0 aliphatic rings. The van der Waals surface area contributed by atoms with Gasteiger partial charge in [-0.05, 0) is 43.4 Å². The fourth-order valence-electron chi connectivity index (χ4n) is 3.45. The van der Waals surface area contributed by atoms with E-state index < -0.39 is 17.9 Å². The predicted octanol–water partition coefficient (Wildman–Crippen LogP) is 5.17. The average molecular weight is 379 g/mol. The summed E-state index contributed by atoms with van der Waals surface area (Å²) < 4.78 is 5.47. The third-order valence-electron chi connectivity index (χ3n) is 4.86. The Kier molecular flexibility index (Phi) is 11.2. The van der Waals surface area contributed by atoms with E-state index in [2.05, 4.69) is 6.92 Å². The molecule has 1 aromatic carbocycles. The van der Waals surface area contributed by atoms with E-state index in [9.17, 15) is 14.7 Å². The van der Waals surface area contributed by atoms with E-state index in [1.54, 1.807) is 0 Å². The van der Waals surface area contributed by atoms with Crippen molar-refractivity contribution in [2.24, 2.45) is 11.8 Å². The number of hydrogen-bond donors (Lipinski definition) is 2. The Labute approximate surface area is 162 Å². The number of aliphatic carboxylic acids is 2. The molecule has 152 valence electrons. The topological polar surface area (TPSA) is 83.8 Å². The molecule has 1 rings (SSSR count). The molecular weight excluding hydrogens is 344 g/mol. The molecule has 1 aromatic rings. The van der Waals surface area contributed by atoms with E-state index in [0.717, 1.165) is 37.0 Å². The fraction of sp³-hybridized carbons (Fsp3) is 0.636. The van der Waals surface area contributed by atoms with Gasteiger partial charge in [0.15, 0.2) is 0 Å². The molecule has 0 amide bonds. The normalized spacial score (nSPS) is 13.1. The second kappa shape index (κ2) is 13.2. The molecule has 2 N–H and O–H groups in total. The van der Waals surface area contributed by atoms with Gasteiger partial charge in [0.25, 0.3) is 0 Å². The van der Waals surface area contributed by atoms with Crippen molar-refractivity contribution in [1.82, 2.24) is 0 Å². The molecule has 0 heterocycles. The third-order valence-corrected chi connectivity index (χ3v) is 4.86. The van der Waals surface area contributed by atoms with E-state index in [1.807, 2.05) is 31.2 Å². The maximum absolute atomic E-state index is 11.5. The number of rotatable bonds is 15. The Bertz CT molecular complexity index is 552. The molecule has 0 spiro atoms. The summed E-state index contributed by atoms with van der Waals surface area (Å²) in [6.07, 6.45) is 7.60. The highest BCUT2D eigenvalue weighted by molar-refractivity contribution is 5.77. The van der Waals surface area contributed by atoms with Crippen molar-refractivity contribution in [3.63, 3.8) is 0 Å². The molecule has 0 aliphatic heterocycles. The predicted molar refractivity (Wildman–Crippen MR) is 106 cm³/mol. The summed E-state index contributed by atoms with van der Waals surface area (Å²) in [5, 5.41) is 18.4. The van der Waals surface area contributed by atoms with Crippen LogP contribution in [-0.2, 0) is 16.0 Å². The first kappa shape index (κ1) is 23.0. The van der Waals surface area contributed by atoms with Gasteiger partial charge in [-0.1, -0.05) is 57.6 Å². The summed E-state index contributed by atoms with van der Waals surface area (Å²) in [5.41, 5.74) is 1.14. The highest BCUT2D eigenvalue weighted by atomic mass is 16.5. The van der Waals surface area contributed by atoms with Crippen LogP contribution in [0.15, 0.2) is 24.3 Å². The molecular formula is C22H34O5. The quantitative estimate of drug-likeness (QED) is 0.411. The van der Waals surface area contributed by atoms with Crippen molar-refractivity contribution in [3.05, 3.63) is 29.8 Å². The zero-order valence-corrected chi connectivity index (χ0v) is 16.7. The molecule has 2 atom stereocenters. The lowest BCUT2D eigenvalue weighted by Crippen LogP contribution is -2.22. The van der Waals surface area contributed by atoms with E-state index in [0.29, 0.717) is 13.0 Å². The molecule has 0 bridgehead atoms. The van der Waals surface area contributed by atoms with Crippen molar-refractivity contribution in [2.45, 2.75) is 71.6 Å². The molecule has 0 aromatic heterocycles. The Hall–Kier alpha value is -2.04. The minimum absolute atomic E-state index is 0.171. The molecule has 0 fully saturated rings. The number of hydrogen-bond acceptors (Lipinski definition) is 3. The van der Waals surface area contributed by atoms with Gasteiger partial charge in [0, 0.05) is 0 Å². The standard InChI is InChI=1S/C22H34O5/c1-3-5-6-7-8-9-18(15-19(22(25)26)16-21(23)24)14-17-10-12-20(13-11-17)27-4-2/h10-13,18-19H,3-9,14-16H2,1-2H3,(H,23,24)(H,25,26). The number of ether oxygens (including phenoxy) is 1. The van der Waals surface area contributed by atoms with Gasteiger partial charge in [-0.3, -0.25) is 9.59 Å². The maximum atomic E-state index is 11.5. The SMILES string of the molecule is CCCCCCCC(Cc1ccc(OCC)cc1)CC(CC(=O)O)C(=O)O. The molecule has 2 unspecified atom stereocenters. The Morgan fingerprint density at radius 1 is 1.00 bits per heavy atom. The largest absolute Gasteiger partial charge is 0.494 e. The lowest BCUT2D eigenvalue weighted by Gasteiger charge is -2.21. The van der Waals surface area contributed by atoms with Crippen LogP contribution in [0.4, 0.5) is 0 Å². The molecule has 0 saturated carbocycles. The Balaban J connectivity index is 2.72. The van der Waals surface area contributed by atoms with Crippen molar-refractivity contribution < 1.29 is 24.5 Å². The highest BCUT2D eigenvalue weighted by Gasteiger charge is 2.25. The number of benzene rings is 1. The summed E-state index contributed by atoms with van der Waals surface area (Å²) in [4.78, 5) is 22.5. The lowest BCUT2D eigenvalue weighted by molar-refractivity contribution is -0.148. The molecule has 0 aliphatic carbocycles. The van der Waals surface area contributed by atoms with Crippen molar-refractivity contribution in [1.29, 1.82) is 0 Å². The van der Waals surface area contributed by atoms with Crippen LogP contribution in [0.3, 0.4) is 0 Å². The second-order valence-electron chi connectivity index (χ2n) is 7.22. The third kappa shape index (κ3) is 10.0. The fourth-order valence-corrected chi connectivity index (χ4v) is 3.45. The molecule has 0 radical (unpaired) electrons. The molecule has 0 saturated heterocycles.